The summed E-state index contributed by atoms with van der Waals surface area (Å²) in [6.45, 7) is 3.90. The predicted molar refractivity (Wildman–Crippen MR) is 85.6 cm³/mol. The summed E-state index contributed by atoms with van der Waals surface area (Å²) in [4.78, 5) is 12.3. The molecule has 0 saturated carbocycles. The Morgan fingerprint density at radius 2 is 1.86 bits per heavy atom. The Labute approximate surface area is 130 Å². The van der Waals surface area contributed by atoms with Gasteiger partial charge in [0.2, 0.25) is 0 Å². The fourth-order valence-corrected chi connectivity index (χ4v) is 2.28. The standard InChI is InChI=1S/C17H20N2O3/c1-11-14(12(2)19(3)18-11)7-8-15(20)13-6-9-16(21-4)17(10-13)22-5/h6-10H,1-5H3/b8-7+. The number of aromatic nitrogens is 2. The Morgan fingerprint density at radius 1 is 1.18 bits per heavy atom. The summed E-state index contributed by atoms with van der Waals surface area (Å²) in [5.74, 6) is 1.04. The maximum Gasteiger partial charge on any atom is 0.185 e. The van der Waals surface area contributed by atoms with E-state index in [0.717, 1.165) is 17.0 Å². The van der Waals surface area contributed by atoms with E-state index in [2.05, 4.69) is 5.10 Å². The van der Waals surface area contributed by atoms with E-state index in [1.54, 1.807) is 49.3 Å². The van der Waals surface area contributed by atoms with Crippen molar-refractivity contribution in [2.75, 3.05) is 14.2 Å². The molecule has 2 rings (SSSR count). The van der Waals surface area contributed by atoms with Crippen molar-refractivity contribution in [3.05, 3.63) is 46.8 Å². The van der Waals surface area contributed by atoms with Crippen molar-refractivity contribution in [1.82, 2.24) is 9.78 Å². The monoisotopic (exact) mass is 300 g/mol. The average molecular weight is 300 g/mol. The van der Waals surface area contributed by atoms with Crippen LogP contribution in [0.15, 0.2) is 24.3 Å². The molecule has 0 unspecified atom stereocenters. The van der Waals surface area contributed by atoms with E-state index in [4.69, 9.17) is 9.47 Å². The van der Waals surface area contributed by atoms with Crippen molar-refractivity contribution in [1.29, 1.82) is 0 Å². The van der Waals surface area contributed by atoms with Crippen LogP contribution in [0.5, 0.6) is 11.5 Å². The van der Waals surface area contributed by atoms with Gasteiger partial charge in [-0.15, -0.1) is 0 Å². The first kappa shape index (κ1) is 15.8. The average Bonchev–Trinajstić information content (AvgIpc) is 2.77. The highest BCUT2D eigenvalue weighted by Crippen LogP contribution is 2.28. The van der Waals surface area contributed by atoms with Gasteiger partial charge in [-0.05, 0) is 44.2 Å². The minimum Gasteiger partial charge on any atom is -0.493 e. The summed E-state index contributed by atoms with van der Waals surface area (Å²) in [6.07, 6.45) is 3.36. The minimum absolute atomic E-state index is 0.0939. The smallest absolute Gasteiger partial charge is 0.185 e. The van der Waals surface area contributed by atoms with E-state index in [0.29, 0.717) is 17.1 Å². The number of rotatable bonds is 5. The van der Waals surface area contributed by atoms with Gasteiger partial charge in [0.1, 0.15) is 0 Å². The lowest BCUT2D eigenvalue weighted by Gasteiger charge is -2.08. The molecular weight excluding hydrogens is 280 g/mol. The van der Waals surface area contributed by atoms with Crippen LogP contribution in [0.4, 0.5) is 0 Å². The molecule has 1 aromatic heterocycles. The van der Waals surface area contributed by atoms with Gasteiger partial charge in [0.15, 0.2) is 17.3 Å². The number of benzene rings is 1. The van der Waals surface area contributed by atoms with Gasteiger partial charge in [-0.2, -0.15) is 5.10 Å². The number of allylic oxidation sites excluding steroid dienone is 1. The number of hydrogen-bond acceptors (Lipinski definition) is 4. The molecule has 22 heavy (non-hydrogen) atoms. The van der Waals surface area contributed by atoms with Crippen molar-refractivity contribution < 1.29 is 14.3 Å². The van der Waals surface area contributed by atoms with Crippen LogP contribution in [0.2, 0.25) is 0 Å². The number of hydrogen-bond donors (Lipinski definition) is 0. The number of ether oxygens (including phenoxy) is 2. The molecule has 0 amide bonds. The van der Waals surface area contributed by atoms with Gasteiger partial charge >= 0.3 is 0 Å². The Hall–Kier alpha value is -2.56. The van der Waals surface area contributed by atoms with Crippen molar-refractivity contribution in [3.63, 3.8) is 0 Å². The second kappa shape index (κ2) is 6.47. The lowest BCUT2D eigenvalue weighted by molar-refractivity contribution is 0.104. The van der Waals surface area contributed by atoms with E-state index >= 15 is 0 Å². The molecule has 0 bridgehead atoms. The molecule has 0 spiro atoms. The predicted octanol–water partition coefficient (Wildman–Crippen LogP) is 2.95. The van der Waals surface area contributed by atoms with Gasteiger partial charge in [0.05, 0.1) is 19.9 Å². The van der Waals surface area contributed by atoms with Crippen LogP contribution in [0, 0.1) is 13.8 Å². The fraction of sp³-hybridized carbons (Fsp3) is 0.294. The van der Waals surface area contributed by atoms with Crippen LogP contribution in [0.3, 0.4) is 0 Å². The second-order valence-corrected chi connectivity index (χ2v) is 4.98. The zero-order chi connectivity index (χ0) is 16.3. The summed E-state index contributed by atoms with van der Waals surface area (Å²) < 4.78 is 12.2. The van der Waals surface area contributed by atoms with Gasteiger partial charge in [-0.1, -0.05) is 0 Å². The first-order valence-corrected chi connectivity index (χ1v) is 6.92. The highest BCUT2D eigenvalue weighted by atomic mass is 16.5. The Bertz CT molecular complexity index is 730. The van der Waals surface area contributed by atoms with Gasteiger partial charge in [0, 0.05) is 23.9 Å². The molecule has 0 radical (unpaired) electrons. The third-order valence-electron chi connectivity index (χ3n) is 3.63. The molecule has 2 aromatic rings. The van der Waals surface area contributed by atoms with E-state index in [9.17, 15) is 4.79 Å². The molecule has 0 aliphatic heterocycles. The Morgan fingerprint density at radius 3 is 2.41 bits per heavy atom. The lowest BCUT2D eigenvalue weighted by atomic mass is 10.1. The van der Waals surface area contributed by atoms with Crippen molar-refractivity contribution >= 4 is 11.9 Å². The number of aryl methyl sites for hydroxylation is 2. The number of nitrogens with zero attached hydrogens (tertiary/aromatic N) is 2. The number of carbonyl (C=O) groups excluding carboxylic acids is 1. The first-order chi connectivity index (χ1) is 10.5. The van der Waals surface area contributed by atoms with Gasteiger partial charge in [-0.3, -0.25) is 9.48 Å². The summed E-state index contributed by atoms with van der Waals surface area (Å²) >= 11 is 0. The summed E-state index contributed by atoms with van der Waals surface area (Å²) in [7, 11) is 4.99. The van der Waals surface area contributed by atoms with Crippen LogP contribution in [-0.4, -0.2) is 29.8 Å². The Balaban J connectivity index is 2.27. The first-order valence-electron chi connectivity index (χ1n) is 6.92. The molecule has 0 N–H and O–H groups in total. The molecule has 116 valence electrons. The van der Waals surface area contributed by atoms with Gasteiger partial charge in [-0.25, -0.2) is 0 Å². The molecule has 0 saturated heterocycles. The van der Waals surface area contributed by atoms with Gasteiger partial charge < -0.3 is 9.47 Å². The molecule has 0 aliphatic carbocycles. The van der Waals surface area contributed by atoms with Crippen LogP contribution in [-0.2, 0) is 7.05 Å². The van der Waals surface area contributed by atoms with E-state index in [1.807, 2.05) is 20.9 Å². The van der Waals surface area contributed by atoms with Crippen LogP contribution < -0.4 is 9.47 Å². The molecule has 0 aliphatic rings. The molecule has 5 nitrogen and oxygen atoms in total. The molecule has 0 fully saturated rings. The van der Waals surface area contributed by atoms with Crippen molar-refractivity contribution in [3.8, 4) is 11.5 Å². The quantitative estimate of drug-likeness (QED) is 0.629. The summed E-state index contributed by atoms with van der Waals surface area (Å²) in [5.41, 5.74) is 3.44. The zero-order valence-corrected chi connectivity index (χ0v) is 13.5. The van der Waals surface area contributed by atoms with Crippen molar-refractivity contribution in [2.45, 2.75) is 13.8 Å². The lowest BCUT2D eigenvalue weighted by Crippen LogP contribution is -1.97. The summed E-state index contributed by atoms with van der Waals surface area (Å²) in [6, 6.07) is 5.12. The molecule has 1 heterocycles. The summed E-state index contributed by atoms with van der Waals surface area (Å²) in [5, 5.41) is 4.33. The third kappa shape index (κ3) is 3.03. The van der Waals surface area contributed by atoms with Gasteiger partial charge in [0.25, 0.3) is 0 Å². The fourth-order valence-electron chi connectivity index (χ4n) is 2.28. The van der Waals surface area contributed by atoms with Crippen LogP contribution in [0.1, 0.15) is 27.3 Å². The minimum atomic E-state index is -0.0939. The topological polar surface area (TPSA) is 53.3 Å². The SMILES string of the molecule is COc1ccc(C(=O)/C=C/c2c(C)nn(C)c2C)cc1OC. The number of methoxy groups -OCH3 is 2. The maximum atomic E-state index is 12.3. The largest absolute Gasteiger partial charge is 0.493 e. The van der Waals surface area contributed by atoms with E-state index < -0.39 is 0 Å². The van der Waals surface area contributed by atoms with Crippen LogP contribution >= 0.6 is 0 Å². The highest BCUT2D eigenvalue weighted by molar-refractivity contribution is 6.07. The molecule has 5 heteroatoms. The molecule has 0 atom stereocenters. The van der Waals surface area contributed by atoms with Crippen molar-refractivity contribution in [2.24, 2.45) is 7.05 Å². The van der Waals surface area contributed by atoms with E-state index in [1.165, 1.54) is 0 Å². The molecular formula is C17H20N2O3. The number of ketones is 1. The zero-order valence-electron chi connectivity index (χ0n) is 13.5. The van der Waals surface area contributed by atoms with E-state index in [-0.39, 0.29) is 5.78 Å². The third-order valence-corrected chi connectivity index (χ3v) is 3.63. The Kier molecular flexibility index (Phi) is 4.65. The normalized spacial score (nSPS) is 11.0. The molecule has 1 aromatic carbocycles. The second-order valence-electron chi connectivity index (χ2n) is 4.98. The highest BCUT2D eigenvalue weighted by Gasteiger charge is 2.10. The van der Waals surface area contributed by atoms with Crippen LogP contribution in [0.25, 0.3) is 6.08 Å². The maximum absolute atomic E-state index is 12.3. The number of carbonyl (C=O) groups is 1.